The fourth-order valence-corrected chi connectivity index (χ4v) is 6.07. The Balaban J connectivity index is 1.40. The maximum Gasteiger partial charge on any atom is 0.157 e. The summed E-state index contributed by atoms with van der Waals surface area (Å²) in [4.78, 5) is 0. The Hall–Kier alpha value is -5.20. The van der Waals surface area contributed by atoms with Gasteiger partial charge in [-0.2, -0.15) is 0 Å². The van der Waals surface area contributed by atoms with Crippen molar-refractivity contribution in [1.82, 2.24) is 0 Å². The Kier molecular flexibility index (Phi) is 6.90. The Morgan fingerprint density at radius 2 is 1.09 bits per heavy atom. The topological polar surface area (TPSA) is 221 Å². The molecule has 230 valence electrons. The summed E-state index contributed by atoms with van der Waals surface area (Å²) in [5.74, 6) is -4.04. The Labute approximate surface area is 250 Å². The summed E-state index contributed by atoms with van der Waals surface area (Å²) in [6.45, 7) is 1.57. The predicted octanol–water partition coefficient (Wildman–Crippen LogP) is 3.56. The molecular weight excluding hydrogens is 576 g/mol. The lowest BCUT2D eigenvalue weighted by Crippen LogP contribution is -2.31. The van der Waals surface area contributed by atoms with E-state index >= 15 is 0 Å². The molecule has 6 rings (SSSR count). The SMILES string of the molecule is CC(c1c(O)cc2c(c1O)CC(O)C(c1ccc(O)c(O)c1)O2)c1c(O)cc(O)c2c1OC(c1ccc(O)c(O)c1)C(O)C2. The van der Waals surface area contributed by atoms with Gasteiger partial charge in [0.15, 0.2) is 23.0 Å². The highest BCUT2D eigenvalue weighted by molar-refractivity contribution is 5.66. The minimum absolute atomic E-state index is 0.00197. The van der Waals surface area contributed by atoms with Crippen molar-refractivity contribution < 1.29 is 60.5 Å². The molecule has 0 fully saturated rings. The smallest absolute Gasteiger partial charge is 0.157 e. The lowest BCUT2D eigenvalue weighted by molar-refractivity contribution is 0.0187. The van der Waals surface area contributed by atoms with E-state index in [0.29, 0.717) is 11.1 Å². The number of phenols is 8. The van der Waals surface area contributed by atoms with Gasteiger partial charge in [0.25, 0.3) is 0 Å². The molecule has 10 N–H and O–H groups in total. The molecule has 5 atom stereocenters. The summed E-state index contributed by atoms with van der Waals surface area (Å²) in [5.41, 5.74) is 1.06. The van der Waals surface area contributed by atoms with Crippen LogP contribution in [-0.2, 0) is 12.8 Å². The molecule has 2 aliphatic heterocycles. The highest BCUT2D eigenvalue weighted by atomic mass is 16.5. The molecule has 12 heteroatoms. The number of aromatic hydroxyl groups is 8. The molecule has 0 aromatic heterocycles. The Bertz CT molecular complexity index is 1780. The number of ether oxygens (including phenoxy) is 2. The first kappa shape index (κ1) is 28.9. The third-order valence-corrected chi connectivity index (χ3v) is 8.31. The minimum Gasteiger partial charge on any atom is -0.507 e. The van der Waals surface area contributed by atoms with Crippen molar-refractivity contribution in [2.75, 3.05) is 0 Å². The van der Waals surface area contributed by atoms with Gasteiger partial charge in [-0.05, 0) is 35.4 Å². The number of hydrogen-bond donors (Lipinski definition) is 10. The molecular formula is C32H30O12. The van der Waals surface area contributed by atoms with Crippen molar-refractivity contribution in [3.63, 3.8) is 0 Å². The monoisotopic (exact) mass is 606 g/mol. The van der Waals surface area contributed by atoms with E-state index in [2.05, 4.69) is 0 Å². The van der Waals surface area contributed by atoms with Crippen LogP contribution in [-0.4, -0.2) is 63.3 Å². The summed E-state index contributed by atoms with van der Waals surface area (Å²) in [5, 5.41) is 105. The number of phenolic OH excluding ortho intramolecular Hbond substituents is 8. The van der Waals surface area contributed by atoms with Crippen LogP contribution < -0.4 is 9.47 Å². The number of fused-ring (bicyclic) bond motifs is 2. The van der Waals surface area contributed by atoms with Gasteiger partial charge in [0.1, 0.15) is 46.7 Å². The Morgan fingerprint density at radius 1 is 0.568 bits per heavy atom. The van der Waals surface area contributed by atoms with E-state index in [1.54, 1.807) is 6.92 Å². The largest absolute Gasteiger partial charge is 0.507 e. The van der Waals surface area contributed by atoms with Gasteiger partial charge >= 0.3 is 0 Å². The zero-order valence-corrected chi connectivity index (χ0v) is 23.2. The molecule has 0 saturated carbocycles. The maximum atomic E-state index is 11.4. The van der Waals surface area contributed by atoms with Crippen molar-refractivity contribution in [3.8, 4) is 57.5 Å². The van der Waals surface area contributed by atoms with Gasteiger partial charge in [-0.1, -0.05) is 19.1 Å². The van der Waals surface area contributed by atoms with Gasteiger partial charge in [0.2, 0.25) is 0 Å². The van der Waals surface area contributed by atoms with Crippen LogP contribution in [0.3, 0.4) is 0 Å². The fourth-order valence-electron chi connectivity index (χ4n) is 6.07. The van der Waals surface area contributed by atoms with Crippen molar-refractivity contribution in [2.24, 2.45) is 0 Å². The second kappa shape index (κ2) is 10.5. The third-order valence-electron chi connectivity index (χ3n) is 8.31. The first-order chi connectivity index (χ1) is 20.8. The predicted molar refractivity (Wildman–Crippen MR) is 153 cm³/mol. The van der Waals surface area contributed by atoms with E-state index < -0.39 is 59.1 Å². The van der Waals surface area contributed by atoms with Crippen LogP contribution in [0.1, 0.15) is 58.4 Å². The normalized spacial score (nSPS) is 21.4. The van der Waals surface area contributed by atoms with Crippen molar-refractivity contribution in [2.45, 2.75) is 50.1 Å². The molecule has 0 radical (unpaired) electrons. The summed E-state index contributed by atoms with van der Waals surface area (Å²) < 4.78 is 12.0. The quantitative estimate of drug-likeness (QED) is 0.151. The Morgan fingerprint density at radius 3 is 1.66 bits per heavy atom. The van der Waals surface area contributed by atoms with Crippen LogP contribution >= 0.6 is 0 Å². The summed E-state index contributed by atoms with van der Waals surface area (Å²) in [7, 11) is 0. The highest BCUT2D eigenvalue weighted by Crippen LogP contribution is 2.54. The number of aliphatic hydroxyl groups excluding tert-OH is 2. The van der Waals surface area contributed by atoms with E-state index in [-0.39, 0.29) is 63.8 Å². The standard InChI is InChI=1S/C32H30O12/c1-12(27-23(39)11-26-16(29(27)42)9-25(41)30(43-26)13-2-4-17(33)20(36)6-13)28-22(38)10-19(35)15-8-24(40)31(44-32(15)28)14-3-5-18(34)21(37)7-14/h2-7,10-12,24-25,30-31,33-42H,8-9H2,1H3. The van der Waals surface area contributed by atoms with Gasteiger partial charge in [-0.25, -0.2) is 0 Å². The van der Waals surface area contributed by atoms with E-state index in [0.717, 1.165) is 6.07 Å². The summed E-state index contributed by atoms with van der Waals surface area (Å²) in [6.07, 6.45) is -4.65. The average Bonchev–Trinajstić information content (AvgIpc) is 2.96. The second-order valence-electron chi connectivity index (χ2n) is 11.1. The van der Waals surface area contributed by atoms with Crippen molar-refractivity contribution in [3.05, 3.63) is 81.9 Å². The zero-order valence-electron chi connectivity index (χ0n) is 23.2. The molecule has 0 amide bonds. The van der Waals surface area contributed by atoms with Crippen molar-refractivity contribution in [1.29, 1.82) is 0 Å². The first-order valence-electron chi connectivity index (χ1n) is 13.7. The highest BCUT2D eigenvalue weighted by Gasteiger charge is 2.39. The fraction of sp³-hybridized carbons (Fsp3) is 0.250. The number of benzene rings is 4. The van der Waals surface area contributed by atoms with Crippen LogP contribution in [0.15, 0.2) is 48.5 Å². The van der Waals surface area contributed by atoms with Crippen LogP contribution in [0.25, 0.3) is 0 Å². The number of aliphatic hydroxyl groups is 2. The zero-order chi connectivity index (χ0) is 31.6. The van der Waals surface area contributed by atoms with Gasteiger partial charge < -0.3 is 60.5 Å². The van der Waals surface area contributed by atoms with Gasteiger partial charge in [-0.3, -0.25) is 0 Å². The van der Waals surface area contributed by atoms with Crippen LogP contribution in [0, 0.1) is 0 Å². The molecule has 0 aliphatic carbocycles. The molecule has 2 aliphatic rings. The molecule has 0 bridgehead atoms. The summed E-state index contributed by atoms with van der Waals surface area (Å²) >= 11 is 0. The molecule has 4 aromatic carbocycles. The minimum atomic E-state index is -1.19. The molecule has 44 heavy (non-hydrogen) atoms. The molecule has 4 aromatic rings. The van der Waals surface area contributed by atoms with Crippen LogP contribution in [0.2, 0.25) is 0 Å². The van der Waals surface area contributed by atoms with E-state index in [4.69, 9.17) is 9.47 Å². The molecule has 0 saturated heterocycles. The summed E-state index contributed by atoms with van der Waals surface area (Å²) in [6, 6.07) is 10.2. The molecule has 12 nitrogen and oxygen atoms in total. The van der Waals surface area contributed by atoms with E-state index in [9.17, 15) is 51.1 Å². The van der Waals surface area contributed by atoms with Crippen LogP contribution in [0.4, 0.5) is 0 Å². The van der Waals surface area contributed by atoms with Gasteiger partial charge in [0.05, 0.1) is 12.2 Å². The molecule has 0 spiro atoms. The number of rotatable bonds is 4. The average molecular weight is 607 g/mol. The van der Waals surface area contributed by atoms with E-state index in [1.165, 1.54) is 42.5 Å². The van der Waals surface area contributed by atoms with E-state index in [1.807, 2.05) is 0 Å². The maximum absolute atomic E-state index is 11.4. The molecule has 5 unspecified atom stereocenters. The van der Waals surface area contributed by atoms with Gasteiger partial charge in [0, 0.05) is 53.1 Å². The molecule has 2 heterocycles. The third kappa shape index (κ3) is 4.64. The first-order valence-corrected chi connectivity index (χ1v) is 13.7. The lowest BCUT2D eigenvalue weighted by Gasteiger charge is -2.35. The number of hydrogen-bond acceptors (Lipinski definition) is 12. The van der Waals surface area contributed by atoms with Gasteiger partial charge in [-0.15, -0.1) is 0 Å². The second-order valence-corrected chi connectivity index (χ2v) is 11.1. The lowest BCUT2D eigenvalue weighted by atomic mass is 9.83. The van der Waals surface area contributed by atoms with Crippen LogP contribution in [0.5, 0.6) is 57.5 Å². The van der Waals surface area contributed by atoms with Crippen molar-refractivity contribution >= 4 is 0 Å².